The third-order valence-corrected chi connectivity index (χ3v) is 4.87. The molecule has 1 aliphatic rings. The molecule has 3 aromatic rings. The Morgan fingerprint density at radius 1 is 1.04 bits per heavy atom. The van der Waals surface area contributed by atoms with Gasteiger partial charge < -0.3 is 14.5 Å². The van der Waals surface area contributed by atoms with E-state index >= 15 is 0 Å². The monoisotopic (exact) mass is 360 g/mol. The smallest absolute Gasteiger partial charge is 0.161 e. The topological polar surface area (TPSA) is 46.6 Å². The highest BCUT2D eigenvalue weighted by atomic mass is 16.5. The first-order valence-corrected chi connectivity index (χ1v) is 9.29. The molecule has 0 bridgehead atoms. The van der Waals surface area contributed by atoms with E-state index in [4.69, 9.17) is 9.47 Å². The molecule has 0 fully saturated rings. The predicted octanol–water partition coefficient (Wildman–Crippen LogP) is 3.31. The molecule has 138 valence electrons. The number of ether oxygens (including phenoxy) is 2. The Morgan fingerprint density at radius 2 is 1.85 bits per heavy atom. The van der Waals surface area contributed by atoms with Crippen LogP contribution in [0, 0.1) is 6.92 Å². The van der Waals surface area contributed by atoms with Crippen molar-refractivity contribution in [1.82, 2.24) is 4.98 Å². The van der Waals surface area contributed by atoms with Crippen molar-refractivity contribution in [2.45, 2.75) is 26.4 Å². The first kappa shape index (κ1) is 17.4. The van der Waals surface area contributed by atoms with Crippen molar-refractivity contribution in [2.75, 3.05) is 13.7 Å². The Hall–Kier alpha value is -3.01. The summed E-state index contributed by atoms with van der Waals surface area (Å²) in [5.74, 6) is 1.53. The van der Waals surface area contributed by atoms with Crippen LogP contribution in [0.5, 0.6) is 11.5 Å². The molecule has 0 aliphatic carbocycles. The summed E-state index contributed by atoms with van der Waals surface area (Å²) in [6.07, 6.45) is 6.17. The quantitative estimate of drug-likeness (QED) is 0.733. The summed E-state index contributed by atoms with van der Waals surface area (Å²) in [5, 5.41) is 1.24. The number of nitrogens with one attached hydrogen (secondary N) is 1. The van der Waals surface area contributed by atoms with Gasteiger partial charge in [0.1, 0.15) is 12.1 Å². The molecule has 2 heterocycles. The molecule has 0 amide bonds. The van der Waals surface area contributed by atoms with E-state index < -0.39 is 0 Å². The zero-order valence-corrected chi connectivity index (χ0v) is 15.8. The maximum Gasteiger partial charge on any atom is 0.161 e. The van der Waals surface area contributed by atoms with Gasteiger partial charge in [0, 0.05) is 18.0 Å². The zero-order chi connectivity index (χ0) is 18.6. The lowest BCUT2D eigenvalue weighted by Gasteiger charge is -2.12. The molecule has 0 atom stereocenters. The molecule has 4 heteroatoms. The second kappa shape index (κ2) is 7.70. The molecule has 0 saturated heterocycles. The van der Waals surface area contributed by atoms with Crippen LogP contribution in [-0.2, 0) is 13.0 Å². The number of hydrogen-bond donors (Lipinski definition) is 1. The van der Waals surface area contributed by atoms with Crippen molar-refractivity contribution < 1.29 is 9.47 Å². The van der Waals surface area contributed by atoms with E-state index in [1.54, 1.807) is 7.11 Å². The fourth-order valence-electron chi connectivity index (χ4n) is 3.36. The van der Waals surface area contributed by atoms with E-state index in [0.29, 0.717) is 6.61 Å². The first-order chi connectivity index (χ1) is 13.2. The predicted molar refractivity (Wildman–Crippen MR) is 107 cm³/mol. The van der Waals surface area contributed by atoms with Crippen LogP contribution in [0.2, 0.25) is 0 Å². The summed E-state index contributed by atoms with van der Waals surface area (Å²) in [7, 11) is 1.68. The van der Waals surface area contributed by atoms with Crippen LogP contribution >= 0.6 is 0 Å². The number of hydrogen-bond acceptors (Lipinski definition) is 3. The molecule has 27 heavy (non-hydrogen) atoms. The van der Waals surface area contributed by atoms with Gasteiger partial charge in [-0.15, -0.1) is 0 Å². The molecule has 0 radical (unpaired) electrons. The normalized spacial score (nSPS) is 12.7. The van der Waals surface area contributed by atoms with Gasteiger partial charge in [0.25, 0.3) is 0 Å². The van der Waals surface area contributed by atoms with Crippen LogP contribution in [0.4, 0.5) is 0 Å². The van der Waals surface area contributed by atoms with E-state index in [0.717, 1.165) is 41.9 Å². The molecule has 2 aromatic carbocycles. The molecule has 0 spiro atoms. The molecule has 1 N–H and O–H groups in total. The van der Waals surface area contributed by atoms with E-state index in [1.807, 2.05) is 6.07 Å². The maximum atomic E-state index is 5.98. The Balaban J connectivity index is 1.51. The van der Waals surface area contributed by atoms with Crippen molar-refractivity contribution in [3.8, 4) is 11.5 Å². The molecular weight excluding hydrogens is 336 g/mol. The van der Waals surface area contributed by atoms with E-state index in [1.165, 1.54) is 21.9 Å². The summed E-state index contributed by atoms with van der Waals surface area (Å²) in [5.41, 5.74) is 5.85. The van der Waals surface area contributed by atoms with Gasteiger partial charge in [-0.25, -0.2) is 0 Å². The van der Waals surface area contributed by atoms with Gasteiger partial charge in [0.15, 0.2) is 11.5 Å². The third-order valence-electron chi connectivity index (χ3n) is 4.87. The highest BCUT2D eigenvalue weighted by molar-refractivity contribution is 5.45. The number of fused-ring (bicyclic) bond motifs is 1. The Morgan fingerprint density at radius 3 is 2.67 bits per heavy atom. The first-order valence-electron chi connectivity index (χ1n) is 9.29. The average Bonchev–Trinajstić information content (AvgIpc) is 3.11. The Labute approximate surface area is 159 Å². The second-order valence-corrected chi connectivity index (χ2v) is 6.89. The molecule has 1 aliphatic heterocycles. The molecule has 4 rings (SSSR count). The Bertz CT molecular complexity index is 1050. The van der Waals surface area contributed by atoms with Gasteiger partial charge in [0.2, 0.25) is 0 Å². The van der Waals surface area contributed by atoms with Crippen LogP contribution in [0.25, 0.3) is 6.08 Å². The van der Waals surface area contributed by atoms with Crippen LogP contribution in [0.1, 0.15) is 28.7 Å². The van der Waals surface area contributed by atoms with Gasteiger partial charge >= 0.3 is 0 Å². The Kier molecular flexibility index (Phi) is 4.97. The summed E-state index contributed by atoms with van der Waals surface area (Å²) in [6, 6.07) is 14.5. The van der Waals surface area contributed by atoms with E-state index in [-0.39, 0.29) is 0 Å². The van der Waals surface area contributed by atoms with Gasteiger partial charge in [-0.2, -0.15) is 0 Å². The van der Waals surface area contributed by atoms with Crippen molar-refractivity contribution in [3.05, 3.63) is 81.6 Å². The summed E-state index contributed by atoms with van der Waals surface area (Å²) >= 11 is 0. The summed E-state index contributed by atoms with van der Waals surface area (Å²) < 4.78 is 11.5. The maximum absolute atomic E-state index is 5.98. The number of methoxy groups -OCH3 is 1. The van der Waals surface area contributed by atoms with Gasteiger partial charge in [-0.05, 0) is 48.6 Å². The molecule has 1 aromatic heterocycles. The molecular formula is C23H24N2O2. The second-order valence-electron chi connectivity index (χ2n) is 6.89. The highest BCUT2D eigenvalue weighted by Crippen LogP contribution is 2.29. The number of aromatic nitrogens is 1. The van der Waals surface area contributed by atoms with E-state index in [2.05, 4.69) is 65.6 Å². The molecule has 0 saturated carbocycles. The SMILES string of the molecule is COc1cc(Cc2c[nH]c3c2=CCCN=3)ccc1OCc1ccc(C)cc1. The number of aromatic amines is 1. The van der Waals surface area contributed by atoms with Crippen molar-refractivity contribution >= 4 is 6.08 Å². The third kappa shape index (κ3) is 3.90. The minimum Gasteiger partial charge on any atom is -0.493 e. The van der Waals surface area contributed by atoms with Crippen molar-refractivity contribution in [2.24, 2.45) is 4.99 Å². The fourth-order valence-corrected chi connectivity index (χ4v) is 3.36. The summed E-state index contributed by atoms with van der Waals surface area (Å²) in [6.45, 7) is 3.48. The van der Waals surface area contributed by atoms with E-state index in [9.17, 15) is 0 Å². The number of H-pyrrole nitrogens is 1. The number of aryl methyl sites for hydroxylation is 1. The largest absolute Gasteiger partial charge is 0.493 e. The number of benzene rings is 2. The molecule has 0 unspecified atom stereocenters. The minimum atomic E-state index is 0.526. The lowest BCUT2D eigenvalue weighted by Crippen LogP contribution is -2.28. The number of nitrogens with zero attached hydrogens (tertiary/aromatic N) is 1. The minimum absolute atomic E-state index is 0.526. The van der Waals surface area contributed by atoms with Gasteiger partial charge in [0.05, 0.1) is 7.11 Å². The van der Waals surface area contributed by atoms with Crippen LogP contribution in [0.15, 0.2) is 53.7 Å². The van der Waals surface area contributed by atoms with Crippen molar-refractivity contribution in [1.29, 1.82) is 0 Å². The summed E-state index contributed by atoms with van der Waals surface area (Å²) in [4.78, 5) is 7.81. The molecule has 4 nitrogen and oxygen atoms in total. The standard InChI is InChI=1S/C23H24N2O2/c1-16-5-7-17(8-6-16)15-27-21-10-9-18(13-22(21)26-2)12-19-14-25-23-20(19)4-3-11-24-23/h4-10,13-14H,3,11-12,15H2,1-2H3,(H,24,25). The van der Waals surface area contributed by atoms with Crippen LogP contribution in [0.3, 0.4) is 0 Å². The van der Waals surface area contributed by atoms with Crippen LogP contribution in [-0.4, -0.2) is 18.6 Å². The lowest BCUT2D eigenvalue weighted by atomic mass is 10.0. The highest BCUT2D eigenvalue weighted by Gasteiger charge is 2.09. The van der Waals surface area contributed by atoms with Crippen molar-refractivity contribution in [3.63, 3.8) is 0 Å². The van der Waals surface area contributed by atoms with Gasteiger partial charge in [-0.3, -0.25) is 4.99 Å². The number of rotatable bonds is 6. The van der Waals surface area contributed by atoms with Gasteiger partial charge in [-0.1, -0.05) is 42.0 Å². The zero-order valence-electron chi connectivity index (χ0n) is 15.8. The average molecular weight is 360 g/mol. The van der Waals surface area contributed by atoms with Crippen LogP contribution < -0.4 is 20.2 Å². The fraction of sp³-hybridized carbons (Fsp3) is 0.261. The lowest BCUT2D eigenvalue weighted by molar-refractivity contribution is 0.284.